The molecule has 0 bridgehead atoms. The molecular weight excluding hydrogens is 274 g/mol. The minimum atomic E-state index is -2.85. The highest BCUT2D eigenvalue weighted by atomic mass is 19.3. The minimum absolute atomic E-state index is 0.0859. The van der Waals surface area contributed by atoms with Crippen LogP contribution in [0.15, 0.2) is 24.3 Å². The number of benzene rings is 1. The summed E-state index contributed by atoms with van der Waals surface area (Å²) in [5, 5.41) is 10.1. The lowest BCUT2D eigenvalue weighted by Gasteiger charge is -2.13. The van der Waals surface area contributed by atoms with Gasteiger partial charge in [-0.1, -0.05) is 12.1 Å². The third-order valence-corrected chi connectivity index (χ3v) is 2.70. The summed E-state index contributed by atoms with van der Waals surface area (Å²) in [6.45, 7) is -2.81. The summed E-state index contributed by atoms with van der Waals surface area (Å²) in [6, 6.07) is 6.16. The van der Waals surface area contributed by atoms with E-state index >= 15 is 0 Å². The normalized spacial score (nSPS) is 18.5. The van der Waals surface area contributed by atoms with Crippen LogP contribution in [-0.2, 0) is 11.2 Å². The van der Waals surface area contributed by atoms with Gasteiger partial charge in [-0.3, -0.25) is 0 Å². The van der Waals surface area contributed by atoms with Gasteiger partial charge in [-0.2, -0.15) is 14.2 Å². The van der Waals surface area contributed by atoms with E-state index in [0.29, 0.717) is 13.0 Å². The summed E-state index contributed by atoms with van der Waals surface area (Å²) in [5.74, 6) is 0.0859. The van der Waals surface area contributed by atoms with E-state index in [-0.39, 0.29) is 12.4 Å². The summed E-state index contributed by atoms with van der Waals surface area (Å²) in [5.41, 5.74) is 3.54. The Hall–Kier alpha value is -1.93. The summed E-state index contributed by atoms with van der Waals surface area (Å²) in [6.07, 6.45) is -0.763. The molecule has 0 spiro atoms. The maximum absolute atomic E-state index is 12.0. The van der Waals surface area contributed by atoms with Crippen molar-refractivity contribution in [1.29, 1.82) is 0 Å². The topological polar surface area (TPSA) is 71.0 Å². The maximum Gasteiger partial charge on any atom is 0.426 e. The molecule has 110 valence electrons. The van der Waals surface area contributed by atoms with Crippen molar-refractivity contribution in [3.63, 3.8) is 0 Å². The van der Waals surface area contributed by atoms with Crippen LogP contribution in [0.5, 0.6) is 5.75 Å². The SMILES string of the molecule is O=C1OC(CO)NN1CCc1ccc(OC(F)F)cc1. The van der Waals surface area contributed by atoms with Gasteiger partial charge in [0.25, 0.3) is 0 Å². The number of ether oxygens (including phenoxy) is 2. The van der Waals surface area contributed by atoms with Gasteiger partial charge in [-0.15, -0.1) is 0 Å². The number of hydrazine groups is 1. The van der Waals surface area contributed by atoms with E-state index in [1.54, 1.807) is 12.1 Å². The van der Waals surface area contributed by atoms with Crippen molar-refractivity contribution in [1.82, 2.24) is 10.4 Å². The van der Waals surface area contributed by atoms with Gasteiger partial charge in [0.15, 0.2) is 6.23 Å². The molecule has 0 aromatic heterocycles. The van der Waals surface area contributed by atoms with Crippen LogP contribution in [0, 0.1) is 0 Å². The van der Waals surface area contributed by atoms with E-state index in [1.807, 2.05) is 0 Å². The highest BCUT2D eigenvalue weighted by Crippen LogP contribution is 2.15. The minimum Gasteiger partial charge on any atom is -0.435 e. The number of alkyl halides is 2. The standard InChI is InChI=1S/C12H14F2N2O4/c13-11(14)19-9-3-1-8(2-4-9)5-6-16-12(18)20-10(7-17)15-16/h1-4,10-11,15,17H,5-7H2. The first-order valence-corrected chi connectivity index (χ1v) is 5.97. The van der Waals surface area contributed by atoms with E-state index in [9.17, 15) is 13.6 Å². The molecule has 20 heavy (non-hydrogen) atoms. The summed E-state index contributed by atoms with van der Waals surface area (Å²) in [7, 11) is 0. The highest BCUT2D eigenvalue weighted by molar-refractivity contribution is 5.68. The largest absolute Gasteiger partial charge is 0.435 e. The fourth-order valence-corrected chi connectivity index (χ4v) is 1.75. The fourth-order valence-electron chi connectivity index (χ4n) is 1.75. The quantitative estimate of drug-likeness (QED) is 0.820. The van der Waals surface area contributed by atoms with Gasteiger partial charge in [0.1, 0.15) is 5.75 Å². The number of aliphatic hydroxyl groups excluding tert-OH is 1. The molecule has 1 aromatic carbocycles. The summed E-state index contributed by atoms with van der Waals surface area (Å²) >= 11 is 0. The molecule has 2 rings (SSSR count). The lowest BCUT2D eigenvalue weighted by molar-refractivity contribution is -0.0498. The first-order chi connectivity index (χ1) is 9.58. The Balaban J connectivity index is 1.83. The van der Waals surface area contributed by atoms with Crippen LogP contribution in [-0.4, -0.2) is 42.2 Å². The van der Waals surface area contributed by atoms with Crippen LogP contribution >= 0.6 is 0 Å². The molecule has 1 aliphatic heterocycles. The van der Waals surface area contributed by atoms with Crippen molar-refractivity contribution in [2.24, 2.45) is 0 Å². The number of carbonyl (C=O) groups excluding carboxylic acids is 1. The van der Waals surface area contributed by atoms with Gasteiger partial charge in [-0.05, 0) is 24.1 Å². The van der Waals surface area contributed by atoms with Crippen LogP contribution in [0.4, 0.5) is 13.6 Å². The molecule has 1 amide bonds. The van der Waals surface area contributed by atoms with Crippen LogP contribution < -0.4 is 10.2 Å². The Morgan fingerprint density at radius 3 is 2.65 bits per heavy atom. The molecule has 0 saturated carbocycles. The van der Waals surface area contributed by atoms with E-state index in [2.05, 4.69) is 10.2 Å². The van der Waals surface area contributed by atoms with Crippen molar-refractivity contribution < 1.29 is 28.2 Å². The molecule has 6 nitrogen and oxygen atoms in total. The number of amides is 1. The van der Waals surface area contributed by atoms with Gasteiger partial charge >= 0.3 is 12.7 Å². The summed E-state index contributed by atoms with van der Waals surface area (Å²) in [4.78, 5) is 11.4. The van der Waals surface area contributed by atoms with Crippen molar-refractivity contribution in [2.45, 2.75) is 19.3 Å². The zero-order chi connectivity index (χ0) is 14.5. The molecule has 1 atom stereocenters. The molecule has 0 aliphatic carbocycles. The Morgan fingerprint density at radius 2 is 2.10 bits per heavy atom. The maximum atomic E-state index is 12.0. The number of hydrogen-bond acceptors (Lipinski definition) is 5. The Kier molecular flexibility index (Phi) is 4.70. The summed E-state index contributed by atoms with van der Waals surface area (Å²) < 4.78 is 33.0. The third-order valence-electron chi connectivity index (χ3n) is 2.70. The number of rotatable bonds is 6. The van der Waals surface area contributed by atoms with Gasteiger partial charge in [0.05, 0.1) is 6.61 Å². The average Bonchev–Trinajstić information content (AvgIpc) is 2.78. The fraction of sp³-hybridized carbons (Fsp3) is 0.417. The smallest absolute Gasteiger partial charge is 0.426 e. The van der Waals surface area contributed by atoms with Gasteiger partial charge in [-0.25, -0.2) is 9.80 Å². The predicted molar refractivity (Wildman–Crippen MR) is 64.0 cm³/mol. The number of carbonyl (C=O) groups is 1. The second-order valence-electron chi connectivity index (χ2n) is 4.11. The molecule has 1 heterocycles. The Labute approximate surface area is 113 Å². The molecular formula is C12H14F2N2O4. The van der Waals surface area contributed by atoms with E-state index in [4.69, 9.17) is 9.84 Å². The number of aliphatic hydroxyl groups is 1. The Bertz CT molecular complexity index is 455. The number of nitrogens with zero attached hydrogens (tertiary/aromatic N) is 1. The van der Waals surface area contributed by atoms with Gasteiger partial charge in [0.2, 0.25) is 0 Å². The number of nitrogens with one attached hydrogen (secondary N) is 1. The van der Waals surface area contributed by atoms with Crippen molar-refractivity contribution in [3.05, 3.63) is 29.8 Å². The van der Waals surface area contributed by atoms with Crippen LogP contribution in [0.3, 0.4) is 0 Å². The van der Waals surface area contributed by atoms with Crippen LogP contribution in [0.2, 0.25) is 0 Å². The van der Waals surface area contributed by atoms with Crippen LogP contribution in [0.25, 0.3) is 0 Å². The molecule has 1 saturated heterocycles. The lowest BCUT2D eigenvalue weighted by Crippen LogP contribution is -2.39. The molecule has 1 unspecified atom stereocenters. The van der Waals surface area contributed by atoms with E-state index in [1.165, 1.54) is 17.1 Å². The van der Waals surface area contributed by atoms with Gasteiger partial charge in [0, 0.05) is 6.54 Å². The molecule has 1 aliphatic rings. The molecule has 2 N–H and O–H groups in total. The molecule has 8 heteroatoms. The molecule has 0 radical (unpaired) electrons. The predicted octanol–water partition coefficient (Wildman–Crippen LogP) is 1.11. The first-order valence-electron chi connectivity index (χ1n) is 5.97. The first kappa shape index (κ1) is 14.5. The zero-order valence-electron chi connectivity index (χ0n) is 10.5. The van der Waals surface area contributed by atoms with Crippen molar-refractivity contribution in [2.75, 3.05) is 13.2 Å². The monoisotopic (exact) mass is 288 g/mol. The van der Waals surface area contributed by atoms with Crippen molar-refractivity contribution >= 4 is 6.09 Å². The van der Waals surface area contributed by atoms with Gasteiger partial charge < -0.3 is 14.6 Å². The van der Waals surface area contributed by atoms with E-state index < -0.39 is 18.9 Å². The Morgan fingerprint density at radius 1 is 1.40 bits per heavy atom. The number of hydrogen-bond donors (Lipinski definition) is 2. The second-order valence-corrected chi connectivity index (χ2v) is 4.11. The van der Waals surface area contributed by atoms with Crippen LogP contribution in [0.1, 0.15) is 5.56 Å². The van der Waals surface area contributed by atoms with Crippen molar-refractivity contribution in [3.8, 4) is 5.75 Å². The zero-order valence-corrected chi connectivity index (χ0v) is 10.5. The molecule has 1 fully saturated rings. The van der Waals surface area contributed by atoms with E-state index in [0.717, 1.165) is 5.56 Å². The third kappa shape index (κ3) is 3.78. The highest BCUT2D eigenvalue weighted by Gasteiger charge is 2.29. The average molecular weight is 288 g/mol. The second kappa shape index (κ2) is 6.49. The number of halogens is 2. The number of cyclic esters (lactones) is 1. The molecule has 1 aromatic rings. The lowest BCUT2D eigenvalue weighted by atomic mass is 10.1.